The molecule has 132 valence electrons. The second-order valence-corrected chi connectivity index (χ2v) is 6.16. The van der Waals surface area contributed by atoms with Gasteiger partial charge in [0.1, 0.15) is 5.82 Å². The fourth-order valence-corrected chi connectivity index (χ4v) is 2.97. The predicted octanol–water partition coefficient (Wildman–Crippen LogP) is 2.05. The zero-order valence-corrected chi connectivity index (χ0v) is 14.2. The summed E-state index contributed by atoms with van der Waals surface area (Å²) >= 11 is 0. The van der Waals surface area contributed by atoms with Crippen LogP contribution in [0.2, 0.25) is 0 Å². The van der Waals surface area contributed by atoms with Gasteiger partial charge in [-0.3, -0.25) is 14.7 Å². The molecule has 0 atom stereocenters. The van der Waals surface area contributed by atoms with Crippen LogP contribution in [0.25, 0.3) is 0 Å². The van der Waals surface area contributed by atoms with Gasteiger partial charge in [-0.05, 0) is 29.8 Å². The first kappa shape index (κ1) is 17.4. The predicted molar refractivity (Wildman–Crippen MR) is 95.8 cm³/mol. The SMILES string of the molecule is O=C(CCN1CCN(c2ccccc2F)CC1)NCc1ccncc1. The molecule has 3 rings (SSSR count). The molecule has 1 N–H and O–H groups in total. The minimum Gasteiger partial charge on any atom is -0.367 e. The van der Waals surface area contributed by atoms with Crippen LogP contribution in [0.3, 0.4) is 0 Å². The average molecular weight is 342 g/mol. The van der Waals surface area contributed by atoms with Gasteiger partial charge < -0.3 is 10.2 Å². The number of rotatable bonds is 6. The smallest absolute Gasteiger partial charge is 0.221 e. The van der Waals surface area contributed by atoms with Crippen molar-refractivity contribution < 1.29 is 9.18 Å². The van der Waals surface area contributed by atoms with Gasteiger partial charge in [-0.1, -0.05) is 12.1 Å². The van der Waals surface area contributed by atoms with E-state index in [4.69, 9.17) is 0 Å². The molecule has 0 radical (unpaired) electrons. The third kappa shape index (κ3) is 5.00. The van der Waals surface area contributed by atoms with E-state index in [1.54, 1.807) is 18.5 Å². The number of amides is 1. The quantitative estimate of drug-likeness (QED) is 0.873. The van der Waals surface area contributed by atoms with E-state index < -0.39 is 0 Å². The van der Waals surface area contributed by atoms with E-state index in [1.165, 1.54) is 6.07 Å². The standard InChI is InChI=1S/C19H23FN4O/c20-17-3-1-2-4-18(17)24-13-11-23(12-14-24)10-7-19(25)22-15-16-5-8-21-9-6-16/h1-6,8-9H,7,10-15H2,(H,22,25). The Labute approximate surface area is 147 Å². The summed E-state index contributed by atoms with van der Waals surface area (Å²) in [6.07, 6.45) is 3.91. The number of nitrogens with zero attached hydrogens (tertiary/aromatic N) is 3. The molecular formula is C19H23FN4O. The van der Waals surface area contributed by atoms with Crippen molar-refractivity contribution in [1.29, 1.82) is 0 Å². The Morgan fingerprint density at radius 1 is 1.08 bits per heavy atom. The highest BCUT2D eigenvalue weighted by Gasteiger charge is 2.19. The maximum atomic E-state index is 13.8. The van der Waals surface area contributed by atoms with Crippen LogP contribution in [0.4, 0.5) is 10.1 Å². The molecule has 0 unspecified atom stereocenters. The number of piperazine rings is 1. The number of benzene rings is 1. The lowest BCUT2D eigenvalue weighted by Gasteiger charge is -2.36. The largest absolute Gasteiger partial charge is 0.367 e. The Balaban J connectivity index is 1.38. The molecule has 0 saturated carbocycles. The summed E-state index contributed by atoms with van der Waals surface area (Å²) in [6, 6.07) is 10.7. The summed E-state index contributed by atoms with van der Waals surface area (Å²) in [5, 5.41) is 2.93. The number of nitrogens with one attached hydrogen (secondary N) is 1. The third-order valence-corrected chi connectivity index (χ3v) is 4.46. The topological polar surface area (TPSA) is 48.5 Å². The molecular weight excluding hydrogens is 319 g/mol. The Morgan fingerprint density at radius 3 is 2.52 bits per heavy atom. The lowest BCUT2D eigenvalue weighted by molar-refractivity contribution is -0.121. The fourth-order valence-electron chi connectivity index (χ4n) is 2.97. The van der Waals surface area contributed by atoms with Gasteiger partial charge in [0.2, 0.25) is 5.91 Å². The van der Waals surface area contributed by atoms with Crippen molar-refractivity contribution in [2.45, 2.75) is 13.0 Å². The number of hydrogen-bond acceptors (Lipinski definition) is 4. The second-order valence-electron chi connectivity index (χ2n) is 6.16. The highest BCUT2D eigenvalue weighted by atomic mass is 19.1. The zero-order chi connectivity index (χ0) is 17.5. The van der Waals surface area contributed by atoms with Gasteiger partial charge in [0.05, 0.1) is 5.69 Å². The molecule has 1 aromatic carbocycles. The molecule has 1 aromatic heterocycles. The molecule has 1 aliphatic rings. The van der Waals surface area contributed by atoms with E-state index in [0.29, 0.717) is 18.7 Å². The minimum atomic E-state index is -0.175. The summed E-state index contributed by atoms with van der Waals surface area (Å²) in [5.41, 5.74) is 1.71. The highest BCUT2D eigenvalue weighted by Crippen LogP contribution is 2.20. The number of para-hydroxylation sites is 1. The van der Waals surface area contributed by atoms with Crippen LogP contribution in [0.1, 0.15) is 12.0 Å². The van der Waals surface area contributed by atoms with Gasteiger partial charge in [0.15, 0.2) is 0 Å². The van der Waals surface area contributed by atoms with E-state index in [0.717, 1.165) is 38.3 Å². The summed E-state index contributed by atoms with van der Waals surface area (Å²) in [6.45, 7) is 4.49. The van der Waals surface area contributed by atoms with Crippen molar-refractivity contribution >= 4 is 11.6 Å². The average Bonchev–Trinajstić information content (AvgIpc) is 2.66. The highest BCUT2D eigenvalue weighted by molar-refractivity contribution is 5.76. The lowest BCUT2D eigenvalue weighted by Crippen LogP contribution is -2.47. The number of anilines is 1. The van der Waals surface area contributed by atoms with E-state index in [2.05, 4.69) is 20.1 Å². The van der Waals surface area contributed by atoms with Gasteiger partial charge in [0.25, 0.3) is 0 Å². The van der Waals surface area contributed by atoms with Crippen molar-refractivity contribution in [3.63, 3.8) is 0 Å². The summed E-state index contributed by atoms with van der Waals surface area (Å²) in [7, 11) is 0. The number of halogens is 1. The van der Waals surface area contributed by atoms with Crippen molar-refractivity contribution in [1.82, 2.24) is 15.2 Å². The maximum Gasteiger partial charge on any atom is 0.221 e. The van der Waals surface area contributed by atoms with Crippen LogP contribution in [-0.4, -0.2) is 48.5 Å². The van der Waals surface area contributed by atoms with E-state index in [1.807, 2.05) is 24.3 Å². The van der Waals surface area contributed by atoms with Crippen LogP contribution >= 0.6 is 0 Å². The van der Waals surface area contributed by atoms with E-state index in [-0.39, 0.29) is 11.7 Å². The van der Waals surface area contributed by atoms with Gasteiger partial charge >= 0.3 is 0 Å². The Kier molecular flexibility index (Phi) is 5.95. The van der Waals surface area contributed by atoms with Crippen LogP contribution in [0.5, 0.6) is 0 Å². The number of hydrogen-bond donors (Lipinski definition) is 1. The maximum absolute atomic E-state index is 13.8. The summed E-state index contributed by atoms with van der Waals surface area (Å²) in [4.78, 5) is 20.3. The van der Waals surface area contributed by atoms with E-state index >= 15 is 0 Å². The molecule has 1 fully saturated rings. The van der Waals surface area contributed by atoms with Gasteiger partial charge in [-0.25, -0.2) is 4.39 Å². The van der Waals surface area contributed by atoms with Gasteiger partial charge in [-0.15, -0.1) is 0 Å². The van der Waals surface area contributed by atoms with Gasteiger partial charge in [-0.2, -0.15) is 0 Å². The number of aromatic nitrogens is 1. The molecule has 6 heteroatoms. The van der Waals surface area contributed by atoms with Crippen LogP contribution in [-0.2, 0) is 11.3 Å². The van der Waals surface area contributed by atoms with Crippen molar-refractivity contribution in [3.8, 4) is 0 Å². The fraction of sp³-hybridized carbons (Fsp3) is 0.368. The monoisotopic (exact) mass is 342 g/mol. The Hall–Kier alpha value is -2.47. The first-order chi connectivity index (χ1) is 12.2. The zero-order valence-electron chi connectivity index (χ0n) is 14.2. The Morgan fingerprint density at radius 2 is 1.80 bits per heavy atom. The lowest BCUT2D eigenvalue weighted by atomic mass is 10.2. The van der Waals surface area contributed by atoms with Crippen LogP contribution < -0.4 is 10.2 Å². The first-order valence-corrected chi connectivity index (χ1v) is 8.60. The van der Waals surface area contributed by atoms with Gasteiger partial charge in [0, 0.05) is 58.1 Å². The van der Waals surface area contributed by atoms with Crippen molar-refractivity contribution in [2.75, 3.05) is 37.6 Å². The number of carbonyl (C=O) groups is 1. The molecule has 2 heterocycles. The number of carbonyl (C=O) groups excluding carboxylic acids is 1. The first-order valence-electron chi connectivity index (χ1n) is 8.60. The summed E-state index contributed by atoms with van der Waals surface area (Å²) < 4.78 is 13.8. The molecule has 1 amide bonds. The Bertz CT molecular complexity index is 687. The molecule has 5 nitrogen and oxygen atoms in total. The molecule has 0 bridgehead atoms. The normalized spacial score (nSPS) is 15.2. The minimum absolute atomic E-state index is 0.0494. The molecule has 0 aliphatic carbocycles. The molecule has 1 aliphatic heterocycles. The van der Waals surface area contributed by atoms with Crippen LogP contribution in [0.15, 0.2) is 48.8 Å². The molecule has 0 spiro atoms. The van der Waals surface area contributed by atoms with Crippen LogP contribution in [0, 0.1) is 5.82 Å². The molecule has 25 heavy (non-hydrogen) atoms. The molecule has 1 saturated heterocycles. The second kappa shape index (κ2) is 8.58. The summed E-state index contributed by atoms with van der Waals surface area (Å²) in [5.74, 6) is -0.125. The number of pyridine rings is 1. The third-order valence-electron chi connectivity index (χ3n) is 4.46. The van der Waals surface area contributed by atoms with E-state index in [9.17, 15) is 9.18 Å². The van der Waals surface area contributed by atoms with Crippen molar-refractivity contribution in [2.24, 2.45) is 0 Å². The molecule has 2 aromatic rings. The van der Waals surface area contributed by atoms with Crippen molar-refractivity contribution in [3.05, 3.63) is 60.2 Å².